The first kappa shape index (κ1) is 13.8. The average molecular weight is 286 g/mol. The summed E-state index contributed by atoms with van der Waals surface area (Å²) in [5, 5.41) is 0. The first-order valence-electron chi connectivity index (χ1n) is 6.96. The summed E-state index contributed by atoms with van der Waals surface area (Å²) in [6.45, 7) is 9.17. The topological polar surface area (TPSA) is 37.2 Å². The number of benzene rings is 2. The molecule has 3 aromatic rings. The Morgan fingerprint density at radius 1 is 0.955 bits per heavy atom. The molecule has 0 saturated heterocycles. The lowest BCUT2D eigenvalue weighted by Crippen LogP contribution is -2.07. The molecule has 1 aromatic heterocycles. The van der Waals surface area contributed by atoms with Gasteiger partial charge in [-0.3, -0.25) is 4.79 Å². The number of pyridine rings is 1. The molecule has 1 heterocycles. The van der Waals surface area contributed by atoms with Crippen molar-refractivity contribution in [1.29, 1.82) is 0 Å². The fourth-order valence-corrected chi connectivity index (χ4v) is 2.40. The number of aromatic amines is 1. The molecule has 0 aliphatic carbocycles. The molecule has 0 fully saturated rings. The third-order valence-electron chi connectivity index (χ3n) is 3.57. The Hall–Kier alpha value is -3.12. The van der Waals surface area contributed by atoms with Crippen LogP contribution >= 0.6 is 0 Å². The summed E-state index contributed by atoms with van der Waals surface area (Å²) in [4.78, 5) is 18.2. The molecule has 22 heavy (non-hydrogen) atoms. The van der Waals surface area contributed by atoms with Gasteiger partial charge in [0.1, 0.15) is 0 Å². The first-order chi connectivity index (χ1) is 10.7. The minimum atomic E-state index is -0.356. The smallest absolute Gasteiger partial charge is 0.254 e. The molecule has 0 amide bonds. The minimum Gasteiger partial charge on any atom is -0.331 e. The largest absolute Gasteiger partial charge is 0.331 e. The zero-order valence-electron chi connectivity index (χ0n) is 12.1. The molecule has 0 saturated carbocycles. The number of nitrogens with zero attached hydrogens (tertiary/aromatic N) is 1. The fourth-order valence-electron chi connectivity index (χ4n) is 2.40. The van der Waals surface area contributed by atoms with E-state index in [1.807, 2.05) is 61.5 Å². The van der Waals surface area contributed by atoms with Gasteiger partial charge in [-0.25, -0.2) is 4.85 Å². The average Bonchev–Trinajstić information content (AvgIpc) is 2.56. The van der Waals surface area contributed by atoms with E-state index in [0.29, 0.717) is 0 Å². The van der Waals surface area contributed by atoms with Crippen LogP contribution in [0.3, 0.4) is 0 Å². The van der Waals surface area contributed by atoms with Crippen LogP contribution in [0.5, 0.6) is 0 Å². The number of nitrogens with one attached hydrogen (secondary N) is 1. The summed E-state index contributed by atoms with van der Waals surface area (Å²) in [5.74, 6) is 0. The van der Waals surface area contributed by atoms with Gasteiger partial charge in [-0.05, 0) is 29.7 Å². The molecule has 0 spiro atoms. The monoisotopic (exact) mass is 286 g/mol. The lowest BCUT2D eigenvalue weighted by molar-refractivity contribution is 1.25. The zero-order valence-corrected chi connectivity index (χ0v) is 12.1. The normalized spacial score (nSPS) is 10.2. The fraction of sp³-hybridized carbons (Fsp3) is 0.0526. The van der Waals surface area contributed by atoms with Crippen LogP contribution in [0.25, 0.3) is 27.2 Å². The van der Waals surface area contributed by atoms with Crippen LogP contribution in [0, 0.1) is 13.5 Å². The number of aryl methyl sites for hydroxylation is 1. The molecule has 0 aliphatic rings. The second-order valence-corrected chi connectivity index (χ2v) is 5.12. The zero-order chi connectivity index (χ0) is 15.5. The van der Waals surface area contributed by atoms with E-state index in [1.54, 1.807) is 6.07 Å². The van der Waals surface area contributed by atoms with Crippen LogP contribution < -0.4 is 5.56 Å². The summed E-state index contributed by atoms with van der Waals surface area (Å²) < 4.78 is 0. The van der Waals surface area contributed by atoms with Gasteiger partial charge < -0.3 is 4.98 Å². The molecule has 3 heteroatoms. The molecule has 0 radical (unpaired) electrons. The Balaban J connectivity index is 2.29. The third-order valence-corrected chi connectivity index (χ3v) is 3.57. The van der Waals surface area contributed by atoms with Gasteiger partial charge in [-0.15, -0.1) is 0 Å². The van der Waals surface area contributed by atoms with E-state index in [4.69, 9.17) is 6.57 Å². The highest BCUT2D eigenvalue weighted by molar-refractivity contribution is 5.82. The Morgan fingerprint density at radius 3 is 2.27 bits per heavy atom. The minimum absolute atomic E-state index is 0.106. The standard InChI is InChI=1S/C19H14N2O/c1-13-8-10-15(11-9-13)18-16(14-6-4-3-5-7-14)12-17(20-2)19(22)21-18/h3-12H,1H3,(H,21,22). The molecular formula is C19H14N2O. The van der Waals surface area contributed by atoms with Gasteiger partial charge >= 0.3 is 0 Å². The van der Waals surface area contributed by atoms with E-state index in [2.05, 4.69) is 9.83 Å². The van der Waals surface area contributed by atoms with E-state index in [9.17, 15) is 4.79 Å². The van der Waals surface area contributed by atoms with E-state index < -0.39 is 0 Å². The number of hydrogen-bond acceptors (Lipinski definition) is 1. The third kappa shape index (κ3) is 2.55. The molecule has 1 N–H and O–H groups in total. The van der Waals surface area contributed by atoms with Gasteiger partial charge in [0.15, 0.2) is 0 Å². The highest BCUT2D eigenvalue weighted by atomic mass is 16.1. The maximum atomic E-state index is 12.0. The van der Waals surface area contributed by atoms with Crippen molar-refractivity contribution in [2.24, 2.45) is 0 Å². The molecule has 0 bridgehead atoms. The Morgan fingerprint density at radius 2 is 1.64 bits per heavy atom. The Labute approximate surface area is 128 Å². The second-order valence-electron chi connectivity index (χ2n) is 5.12. The molecule has 0 atom stereocenters. The molecular weight excluding hydrogens is 272 g/mol. The summed E-state index contributed by atoms with van der Waals surface area (Å²) in [7, 11) is 0. The number of aromatic nitrogens is 1. The molecule has 106 valence electrons. The number of rotatable bonds is 2. The summed E-state index contributed by atoms with van der Waals surface area (Å²) in [6, 6.07) is 19.4. The SMILES string of the molecule is [C-]#[N+]c1cc(-c2ccccc2)c(-c2ccc(C)cc2)[nH]c1=O. The van der Waals surface area contributed by atoms with Gasteiger partial charge in [0, 0.05) is 0 Å². The predicted octanol–water partition coefficient (Wildman–Crippen LogP) is 4.57. The molecule has 2 aromatic carbocycles. The van der Waals surface area contributed by atoms with E-state index in [-0.39, 0.29) is 11.2 Å². The van der Waals surface area contributed by atoms with Crippen molar-refractivity contribution in [1.82, 2.24) is 4.98 Å². The van der Waals surface area contributed by atoms with Gasteiger partial charge in [-0.1, -0.05) is 60.2 Å². The van der Waals surface area contributed by atoms with Crippen LogP contribution in [-0.2, 0) is 0 Å². The lowest BCUT2D eigenvalue weighted by atomic mass is 9.98. The lowest BCUT2D eigenvalue weighted by Gasteiger charge is -2.11. The summed E-state index contributed by atoms with van der Waals surface area (Å²) in [6.07, 6.45) is 0. The molecule has 3 nitrogen and oxygen atoms in total. The van der Waals surface area contributed by atoms with Crippen molar-refractivity contribution in [2.75, 3.05) is 0 Å². The van der Waals surface area contributed by atoms with Gasteiger partial charge in [0.05, 0.1) is 12.3 Å². The second kappa shape index (κ2) is 5.71. The maximum absolute atomic E-state index is 12.0. The summed E-state index contributed by atoms with van der Waals surface area (Å²) in [5.41, 5.74) is 4.40. The van der Waals surface area contributed by atoms with Crippen LogP contribution in [0.2, 0.25) is 0 Å². The van der Waals surface area contributed by atoms with Crippen molar-refractivity contribution in [2.45, 2.75) is 6.92 Å². The van der Waals surface area contributed by atoms with E-state index in [1.165, 1.54) is 0 Å². The summed E-state index contributed by atoms with van der Waals surface area (Å²) >= 11 is 0. The maximum Gasteiger partial charge on any atom is 0.254 e. The van der Waals surface area contributed by atoms with Crippen LogP contribution in [-0.4, -0.2) is 4.98 Å². The molecule has 0 unspecified atom stereocenters. The van der Waals surface area contributed by atoms with E-state index in [0.717, 1.165) is 27.9 Å². The van der Waals surface area contributed by atoms with Crippen LogP contribution in [0.15, 0.2) is 65.5 Å². The molecule has 0 aliphatic heterocycles. The van der Waals surface area contributed by atoms with E-state index >= 15 is 0 Å². The highest BCUT2D eigenvalue weighted by Crippen LogP contribution is 2.31. The Bertz CT molecular complexity index is 901. The first-order valence-corrected chi connectivity index (χ1v) is 6.96. The van der Waals surface area contributed by atoms with Crippen molar-refractivity contribution < 1.29 is 0 Å². The van der Waals surface area contributed by atoms with Gasteiger partial charge in [0.25, 0.3) is 11.2 Å². The quantitative estimate of drug-likeness (QED) is 0.688. The van der Waals surface area contributed by atoms with Crippen LogP contribution in [0.4, 0.5) is 5.69 Å². The van der Waals surface area contributed by atoms with Gasteiger partial charge in [0.2, 0.25) is 0 Å². The van der Waals surface area contributed by atoms with Crippen LogP contribution in [0.1, 0.15) is 5.56 Å². The number of hydrogen-bond donors (Lipinski definition) is 1. The van der Waals surface area contributed by atoms with Crippen molar-refractivity contribution in [3.05, 3.63) is 88.0 Å². The number of H-pyrrole nitrogens is 1. The Kier molecular flexibility index (Phi) is 3.59. The van der Waals surface area contributed by atoms with Crippen molar-refractivity contribution in [3.63, 3.8) is 0 Å². The van der Waals surface area contributed by atoms with Gasteiger partial charge in [-0.2, -0.15) is 0 Å². The van der Waals surface area contributed by atoms with Crippen molar-refractivity contribution in [3.8, 4) is 22.4 Å². The highest BCUT2D eigenvalue weighted by Gasteiger charge is 2.12. The molecule has 3 rings (SSSR count). The predicted molar refractivity (Wildman–Crippen MR) is 88.9 cm³/mol. The van der Waals surface area contributed by atoms with Crippen molar-refractivity contribution >= 4 is 5.69 Å².